The van der Waals surface area contributed by atoms with Crippen molar-refractivity contribution in [2.75, 3.05) is 25.4 Å². The smallest absolute Gasteiger partial charge is 0.307 e. The molecule has 2 saturated heterocycles. The summed E-state index contributed by atoms with van der Waals surface area (Å²) >= 11 is 1.80. The maximum atomic E-state index is 12.1. The van der Waals surface area contributed by atoms with Gasteiger partial charge in [-0.25, -0.2) is 4.72 Å². The second-order valence-electron chi connectivity index (χ2n) is 5.02. The van der Waals surface area contributed by atoms with Gasteiger partial charge in [-0.2, -0.15) is 24.5 Å². The topological polar surface area (TPSA) is 86.7 Å². The monoisotopic (exact) mass is 308 g/mol. The summed E-state index contributed by atoms with van der Waals surface area (Å²) < 4.78 is 28.1. The maximum absolute atomic E-state index is 12.1. The van der Waals surface area contributed by atoms with E-state index in [1.54, 1.807) is 11.8 Å². The number of rotatable bonds is 5. The minimum absolute atomic E-state index is 0.0858. The minimum atomic E-state index is -3.53. The van der Waals surface area contributed by atoms with E-state index in [-0.39, 0.29) is 6.54 Å². The third-order valence-corrected chi connectivity index (χ3v) is 6.53. The quantitative estimate of drug-likeness (QED) is 0.773. The highest BCUT2D eigenvalue weighted by Gasteiger charge is 2.32. The summed E-state index contributed by atoms with van der Waals surface area (Å²) in [6, 6.07) is 0. The number of carboxylic acids is 1. The van der Waals surface area contributed by atoms with Crippen LogP contribution in [0.3, 0.4) is 0 Å². The molecule has 0 aromatic rings. The highest BCUT2D eigenvalue weighted by atomic mass is 32.2. The molecule has 2 atom stereocenters. The van der Waals surface area contributed by atoms with Gasteiger partial charge in [0.15, 0.2) is 0 Å². The van der Waals surface area contributed by atoms with Gasteiger partial charge in [0.25, 0.3) is 10.2 Å². The number of carboxylic acid groups (broad SMARTS) is 1. The summed E-state index contributed by atoms with van der Waals surface area (Å²) in [6.07, 6.45) is 3.35. The molecule has 19 heavy (non-hydrogen) atoms. The first kappa shape index (κ1) is 15.1. The van der Waals surface area contributed by atoms with Crippen molar-refractivity contribution in [2.45, 2.75) is 30.9 Å². The van der Waals surface area contributed by atoms with Gasteiger partial charge in [0.1, 0.15) is 0 Å². The molecule has 2 N–H and O–H groups in total. The number of carbonyl (C=O) groups is 1. The summed E-state index contributed by atoms with van der Waals surface area (Å²) in [7, 11) is -3.53. The molecule has 6 nitrogen and oxygen atoms in total. The van der Waals surface area contributed by atoms with Gasteiger partial charge in [0, 0.05) is 24.9 Å². The van der Waals surface area contributed by atoms with Crippen LogP contribution in [0, 0.1) is 5.92 Å². The Morgan fingerprint density at radius 1 is 1.37 bits per heavy atom. The molecule has 2 rings (SSSR count). The number of hydrogen-bond donors (Lipinski definition) is 2. The molecule has 0 spiro atoms. The number of nitrogens with one attached hydrogen (secondary N) is 1. The first-order valence-electron chi connectivity index (χ1n) is 6.58. The Bertz CT molecular complexity index is 420. The molecule has 2 fully saturated rings. The summed E-state index contributed by atoms with van der Waals surface area (Å²) in [5.74, 6) is -0.394. The van der Waals surface area contributed by atoms with Gasteiger partial charge in [-0.05, 0) is 31.4 Å². The third-order valence-electron chi connectivity index (χ3n) is 3.59. The molecule has 0 aliphatic carbocycles. The molecule has 0 amide bonds. The lowest BCUT2D eigenvalue weighted by atomic mass is 10.0. The van der Waals surface area contributed by atoms with E-state index in [2.05, 4.69) is 4.72 Å². The summed E-state index contributed by atoms with van der Waals surface area (Å²) in [5, 5.41) is 9.34. The Labute approximate surface area is 118 Å². The van der Waals surface area contributed by atoms with Gasteiger partial charge in [0.2, 0.25) is 0 Å². The van der Waals surface area contributed by atoms with E-state index in [0.29, 0.717) is 31.2 Å². The Morgan fingerprint density at radius 2 is 2.16 bits per heavy atom. The van der Waals surface area contributed by atoms with Crippen molar-refractivity contribution in [3.05, 3.63) is 0 Å². The maximum Gasteiger partial charge on any atom is 0.307 e. The molecule has 110 valence electrons. The van der Waals surface area contributed by atoms with Crippen molar-refractivity contribution in [2.24, 2.45) is 5.92 Å². The molecule has 2 unspecified atom stereocenters. The normalized spacial score (nSPS) is 29.5. The number of thioether (sulfide) groups is 1. The lowest BCUT2D eigenvalue weighted by Crippen LogP contribution is -2.48. The largest absolute Gasteiger partial charge is 0.481 e. The first-order chi connectivity index (χ1) is 8.99. The van der Waals surface area contributed by atoms with Crippen molar-refractivity contribution >= 4 is 27.9 Å². The minimum Gasteiger partial charge on any atom is -0.481 e. The Balaban J connectivity index is 1.88. The van der Waals surface area contributed by atoms with E-state index in [1.165, 1.54) is 4.31 Å². The van der Waals surface area contributed by atoms with Crippen LogP contribution in [0.1, 0.15) is 25.7 Å². The second-order valence-corrected chi connectivity index (χ2v) is 8.19. The van der Waals surface area contributed by atoms with Crippen LogP contribution < -0.4 is 4.72 Å². The van der Waals surface area contributed by atoms with Crippen molar-refractivity contribution in [1.82, 2.24) is 9.03 Å². The zero-order valence-corrected chi connectivity index (χ0v) is 12.4. The first-order valence-corrected chi connectivity index (χ1v) is 9.07. The number of hydrogen-bond acceptors (Lipinski definition) is 4. The Kier molecular flexibility index (Phi) is 5.10. The number of piperidine rings is 1. The van der Waals surface area contributed by atoms with Gasteiger partial charge < -0.3 is 5.11 Å². The average Bonchev–Trinajstić information content (AvgIpc) is 2.90. The van der Waals surface area contributed by atoms with Crippen LogP contribution in [0.15, 0.2) is 0 Å². The van der Waals surface area contributed by atoms with Crippen molar-refractivity contribution in [3.8, 4) is 0 Å². The Hall–Kier alpha value is -0.310. The molecular formula is C11H20N2O4S2. The fourth-order valence-corrected chi connectivity index (χ4v) is 5.10. The zero-order chi connectivity index (χ0) is 13.9. The van der Waals surface area contributed by atoms with E-state index in [4.69, 9.17) is 5.11 Å². The molecule has 0 saturated carbocycles. The standard InChI is InChI=1S/C11H20N2O4S2/c14-11(15)9-3-1-5-13(8-9)19(16,17)12-7-10-4-2-6-18-10/h9-10,12H,1-8H2,(H,14,15). The lowest BCUT2D eigenvalue weighted by molar-refractivity contribution is -0.142. The predicted molar refractivity (Wildman–Crippen MR) is 74.3 cm³/mol. The Morgan fingerprint density at radius 3 is 2.79 bits per heavy atom. The van der Waals surface area contributed by atoms with Gasteiger partial charge in [0.05, 0.1) is 5.92 Å². The summed E-state index contributed by atoms with van der Waals surface area (Å²) in [5.41, 5.74) is 0. The molecule has 0 aromatic heterocycles. The molecule has 2 aliphatic rings. The van der Waals surface area contributed by atoms with Crippen molar-refractivity contribution in [3.63, 3.8) is 0 Å². The van der Waals surface area contributed by atoms with Crippen LogP contribution >= 0.6 is 11.8 Å². The van der Waals surface area contributed by atoms with E-state index in [0.717, 1.165) is 18.6 Å². The number of aliphatic carboxylic acids is 1. The van der Waals surface area contributed by atoms with E-state index in [9.17, 15) is 13.2 Å². The highest BCUT2D eigenvalue weighted by Crippen LogP contribution is 2.26. The molecule has 0 radical (unpaired) electrons. The van der Waals surface area contributed by atoms with Crippen LogP contribution in [0.25, 0.3) is 0 Å². The van der Waals surface area contributed by atoms with Crippen LogP contribution in [0.2, 0.25) is 0 Å². The molecular weight excluding hydrogens is 288 g/mol. The fourth-order valence-electron chi connectivity index (χ4n) is 2.46. The molecule has 2 aliphatic heterocycles. The SMILES string of the molecule is O=C(O)C1CCCN(S(=O)(=O)NCC2CCCS2)C1. The van der Waals surface area contributed by atoms with Gasteiger partial charge in [-0.3, -0.25) is 4.79 Å². The fraction of sp³-hybridized carbons (Fsp3) is 0.909. The van der Waals surface area contributed by atoms with Crippen LogP contribution in [-0.4, -0.2) is 54.4 Å². The van der Waals surface area contributed by atoms with Crippen molar-refractivity contribution in [1.29, 1.82) is 0 Å². The molecule has 0 aromatic carbocycles. The zero-order valence-electron chi connectivity index (χ0n) is 10.7. The van der Waals surface area contributed by atoms with Gasteiger partial charge in [-0.15, -0.1) is 0 Å². The van der Waals surface area contributed by atoms with Crippen molar-refractivity contribution < 1.29 is 18.3 Å². The third kappa shape index (κ3) is 4.08. The highest BCUT2D eigenvalue weighted by molar-refractivity contribution is 8.00. The van der Waals surface area contributed by atoms with E-state index < -0.39 is 22.1 Å². The molecule has 0 bridgehead atoms. The predicted octanol–water partition coefficient (Wildman–Crippen LogP) is 0.513. The summed E-state index contributed by atoms with van der Waals surface area (Å²) in [4.78, 5) is 10.9. The van der Waals surface area contributed by atoms with E-state index >= 15 is 0 Å². The van der Waals surface area contributed by atoms with Crippen LogP contribution in [0.4, 0.5) is 0 Å². The van der Waals surface area contributed by atoms with E-state index in [1.807, 2.05) is 0 Å². The lowest BCUT2D eigenvalue weighted by Gasteiger charge is -2.30. The van der Waals surface area contributed by atoms with Gasteiger partial charge in [-0.1, -0.05) is 0 Å². The summed E-state index contributed by atoms with van der Waals surface area (Å²) in [6.45, 7) is 0.945. The molecule has 8 heteroatoms. The number of nitrogens with zero attached hydrogens (tertiary/aromatic N) is 1. The average molecular weight is 308 g/mol. The molecule has 2 heterocycles. The van der Waals surface area contributed by atoms with Crippen LogP contribution in [-0.2, 0) is 15.0 Å². The van der Waals surface area contributed by atoms with Gasteiger partial charge >= 0.3 is 5.97 Å². The van der Waals surface area contributed by atoms with Crippen LogP contribution in [0.5, 0.6) is 0 Å². The second kappa shape index (κ2) is 6.43.